The fourth-order valence-corrected chi connectivity index (χ4v) is 4.32. The number of aromatic nitrogens is 1. The molecule has 0 aliphatic carbocycles. The Bertz CT molecular complexity index is 1260. The topological polar surface area (TPSA) is 112 Å². The summed E-state index contributed by atoms with van der Waals surface area (Å²) < 4.78 is 58.7. The van der Waals surface area contributed by atoms with E-state index in [0.717, 1.165) is 6.07 Å². The van der Waals surface area contributed by atoms with Crippen molar-refractivity contribution in [2.24, 2.45) is 0 Å². The summed E-state index contributed by atoms with van der Waals surface area (Å²) in [6.45, 7) is 4.94. The number of rotatable bonds is 8. The van der Waals surface area contributed by atoms with Crippen LogP contribution in [0.2, 0.25) is 0 Å². The van der Waals surface area contributed by atoms with E-state index in [9.17, 15) is 31.9 Å². The number of benzene rings is 2. The number of hydrogen-bond acceptors (Lipinski definition) is 5. The summed E-state index contributed by atoms with van der Waals surface area (Å²) in [4.78, 5) is 29.2. The first kappa shape index (κ1) is 28.2. The highest BCUT2D eigenvalue weighted by Crippen LogP contribution is 2.47. The largest absolute Gasteiger partial charge is 0.433 e. The van der Waals surface area contributed by atoms with E-state index in [1.165, 1.54) is 12.1 Å². The van der Waals surface area contributed by atoms with Crippen LogP contribution >= 0.6 is 10.6 Å². The number of anilines is 2. The lowest BCUT2D eigenvalue weighted by atomic mass is 9.83. The molecule has 0 atom stereocenters. The standard InChI is InChI=1S/C26H28F3N3O4S/c1-4-37(35,36)20-14-8-17(9-15-20)16-23(33)30-19-12-10-18(11-13-19)25(2,3)24(34)32-22-7-5-6-21(31-22)26(27,28)29/h5-15,35-36H,4,16H2,1-3H3,(H,30,33)(H,31,32,34). The Morgan fingerprint density at radius 2 is 1.54 bits per heavy atom. The van der Waals surface area contributed by atoms with Crippen LogP contribution < -0.4 is 10.6 Å². The molecule has 37 heavy (non-hydrogen) atoms. The summed E-state index contributed by atoms with van der Waals surface area (Å²) in [7, 11) is -2.82. The number of halogens is 3. The molecule has 0 saturated heterocycles. The number of hydrogen-bond donors (Lipinski definition) is 4. The Morgan fingerprint density at radius 1 is 0.919 bits per heavy atom. The van der Waals surface area contributed by atoms with Crippen LogP contribution in [0.3, 0.4) is 0 Å². The van der Waals surface area contributed by atoms with Gasteiger partial charge in [-0.05, 0) is 68.3 Å². The van der Waals surface area contributed by atoms with Crippen molar-refractivity contribution < 1.29 is 31.9 Å². The normalized spacial score (nSPS) is 12.6. The molecular formula is C26H28F3N3O4S. The van der Waals surface area contributed by atoms with Gasteiger partial charge in [0.1, 0.15) is 11.5 Å². The predicted molar refractivity (Wildman–Crippen MR) is 138 cm³/mol. The van der Waals surface area contributed by atoms with E-state index in [0.29, 0.717) is 21.7 Å². The van der Waals surface area contributed by atoms with Crippen molar-refractivity contribution in [1.82, 2.24) is 4.98 Å². The summed E-state index contributed by atoms with van der Waals surface area (Å²) in [5.74, 6) is -0.817. The van der Waals surface area contributed by atoms with Gasteiger partial charge in [0.2, 0.25) is 11.8 Å². The number of pyridine rings is 1. The summed E-state index contributed by atoms with van der Waals surface area (Å²) in [5.41, 5.74) is -0.418. The smallest absolute Gasteiger partial charge is 0.326 e. The summed E-state index contributed by atoms with van der Waals surface area (Å²) in [6, 6.07) is 16.4. The Hall–Kier alpha value is -3.41. The molecule has 0 radical (unpaired) electrons. The third-order valence-electron chi connectivity index (χ3n) is 5.81. The summed E-state index contributed by atoms with van der Waals surface area (Å²) >= 11 is 0. The van der Waals surface area contributed by atoms with Crippen molar-refractivity contribution in [3.63, 3.8) is 0 Å². The lowest BCUT2D eigenvalue weighted by molar-refractivity contribution is -0.141. The third kappa shape index (κ3) is 7.09. The molecule has 2 amide bonds. The average molecular weight is 536 g/mol. The van der Waals surface area contributed by atoms with Gasteiger partial charge in [0.15, 0.2) is 0 Å². The van der Waals surface area contributed by atoms with E-state index in [2.05, 4.69) is 15.6 Å². The first-order valence-electron chi connectivity index (χ1n) is 11.3. The Kier molecular flexibility index (Phi) is 8.31. The van der Waals surface area contributed by atoms with Crippen LogP contribution in [0.1, 0.15) is 37.6 Å². The molecule has 0 aliphatic rings. The number of amides is 2. The minimum atomic E-state index is -4.62. The van der Waals surface area contributed by atoms with Crippen LogP contribution in [0.15, 0.2) is 71.6 Å². The monoisotopic (exact) mass is 535 g/mol. The van der Waals surface area contributed by atoms with Crippen LogP contribution in [-0.4, -0.2) is 31.7 Å². The number of carbonyl (C=O) groups is 2. The molecule has 2 aromatic carbocycles. The first-order valence-corrected chi connectivity index (χ1v) is 13.0. The molecule has 0 bridgehead atoms. The number of alkyl halides is 3. The lowest BCUT2D eigenvalue weighted by Crippen LogP contribution is -2.35. The Labute approximate surface area is 214 Å². The minimum absolute atomic E-state index is 0.0746. The molecule has 3 rings (SSSR count). The molecule has 1 aromatic heterocycles. The third-order valence-corrected chi connectivity index (χ3v) is 7.64. The van der Waals surface area contributed by atoms with Gasteiger partial charge in [-0.15, -0.1) is 0 Å². The van der Waals surface area contributed by atoms with Crippen LogP contribution in [0.5, 0.6) is 0 Å². The van der Waals surface area contributed by atoms with E-state index in [-0.39, 0.29) is 23.9 Å². The van der Waals surface area contributed by atoms with E-state index in [4.69, 9.17) is 0 Å². The molecule has 0 fully saturated rings. The van der Waals surface area contributed by atoms with Gasteiger partial charge in [-0.25, -0.2) is 4.98 Å². The van der Waals surface area contributed by atoms with Crippen molar-refractivity contribution >= 4 is 33.9 Å². The number of nitrogens with one attached hydrogen (secondary N) is 2. The van der Waals surface area contributed by atoms with Crippen molar-refractivity contribution in [2.75, 3.05) is 16.4 Å². The van der Waals surface area contributed by atoms with Gasteiger partial charge in [0.25, 0.3) is 0 Å². The predicted octanol–water partition coefficient (Wildman–Crippen LogP) is 6.33. The molecule has 0 aliphatic heterocycles. The van der Waals surface area contributed by atoms with Crippen molar-refractivity contribution in [3.8, 4) is 0 Å². The van der Waals surface area contributed by atoms with E-state index < -0.39 is 33.8 Å². The van der Waals surface area contributed by atoms with Gasteiger partial charge in [-0.2, -0.15) is 23.8 Å². The van der Waals surface area contributed by atoms with Crippen LogP contribution in [0.4, 0.5) is 24.7 Å². The molecular weight excluding hydrogens is 507 g/mol. The van der Waals surface area contributed by atoms with Gasteiger partial charge in [-0.3, -0.25) is 18.7 Å². The molecule has 0 saturated carbocycles. The quantitative estimate of drug-likeness (QED) is 0.269. The molecule has 0 spiro atoms. The molecule has 7 nitrogen and oxygen atoms in total. The minimum Gasteiger partial charge on any atom is -0.326 e. The maximum Gasteiger partial charge on any atom is 0.433 e. The fraction of sp³-hybridized carbons (Fsp3) is 0.269. The first-order chi connectivity index (χ1) is 17.2. The summed E-state index contributed by atoms with van der Waals surface area (Å²) in [6.07, 6.45) is -4.55. The Morgan fingerprint density at radius 3 is 2.11 bits per heavy atom. The van der Waals surface area contributed by atoms with Gasteiger partial charge in [-0.1, -0.05) is 30.3 Å². The van der Waals surface area contributed by atoms with E-state index in [1.54, 1.807) is 69.3 Å². The van der Waals surface area contributed by atoms with E-state index in [1.807, 2.05) is 0 Å². The fourth-order valence-electron chi connectivity index (χ4n) is 3.42. The molecule has 11 heteroatoms. The van der Waals surface area contributed by atoms with Crippen LogP contribution in [-0.2, 0) is 27.6 Å². The molecule has 0 unspecified atom stereocenters. The zero-order valence-electron chi connectivity index (χ0n) is 20.5. The highest BCUT2D eigenvalue weighted by molar-refractivity contribution is 8.24. The van der Waals surface area contributed by atoms with Crippen LogP contribution in [0, 0.1) is 0 Å². The van der Waals surface area contributed by atoms with Gasteiger partial charge >= 0.3 is 6.18 Å². The van der Waals surface area contributed by atoms with Crippen molar-refractivity contribution in [1.29, 1.82) is 0 Å². The van der Waals surface area contributed by atoms with Crippen molar-refractivity contribution in [2.45, 2.75) is 43.7 Å². The zero-order valence-corrected chi connectivity index (χ0v) is 21.3. The number of carbonyl (C=O) groups excluding carboxylic acids is 2. The second-order valence-corrected chi connectivity index (χ2v) is 11.3. The summed E-state index contributed by atoms with van der Waals surface area (Å²) in [5, 5.41) is 5.20. The SMILES string of the molecule is CCS(O)(O)c1ccc(CC(=O)Nc2ccc(C(C)(C)C(=O)Nc3cccc(C(F)(F)F)n3)cc2)cc1. The second kappa shape index (κ2) is 10.9. The molecule has 4 N–H and O–H groups in total. The maximum atomic E-state index is 12.9. The molecule has 198 valence electrons. The van der Waals surface area contributed by atoms with E-state index >= 15 is 0 Å². The highest BCUT2D eigenvalue weighted by atomic mass is 32.3. The number of nitrogens with zero attached hydrogens (tertiary/aromatic N) is 1. The zero-order chi connectivity index (χ0) is 27.4. The molecule has 1 heterocycles. The second-order valence-electron chi connectivity index (χ2n) is 8.89. The average Bonchev–Trinajstić information content (AvgIpc) is 2.84. The van der Waals surface area contributed by atoms with Gasteiger partial charge in [0.05, 0.1) is 16.7 Å². The maximum absolute atomic E-state index is 12.9. The van der Waals surface area contributed by atoms with Crippen molar-refractivity contribution in [3.05, 3.63) is 83.6 Å². The highest BCUT2D eigenvalue weighted by Gasteiger charge is 2.34. The van der Waals surface area contributed by atoms with Gasteiger partial charge < -0.3 is 10.6 Å². The van der Waals surface area contributed by atoms with Crippen LogP contribution in [0.25, 0.3) is 0 Å². The Balaban J connectivity index is 1.63. The molecule has 3 aromatic rings. The lowest BCUT2D eigenvalue weighted by Gasteiger charge is -2.30. The van der Waals surface area contributed by atoms with Gasteiger partial charge in [0, 0.05) is 11.4 Å².